The van der Waals surface area contributed by atoms with Gasteiger partial charge in [-0.25, -0.2) is 0 Å². The van der Waals surface area contributed by atoms with Gasteiger partial charge in [-0.05, 0) is 55.9 Å². The third-order valence-electron chi connectivity index (χ3n) is 3.70. The summed E-state index contributed by atoms with van der Waals surface area (Å²) in [6.07, 6.45) is 5.66. The Morgan fingerprint density at radius 2 is 1.68 bits per heavy atom. The van der Waals surface area contributed by atoms with Crippen molar-refractivity contribution in [3.63, 3.8) is 0 Å². The molecule has 0 bridgehead atoms. The summed E-state index contributed by atoms with van der Waals surface area (Å²) in [7, 11) is 0. The lowest BCUT2D eigenvalue weighted by atomic mass is 10.1. The Balaban J connectivity index is -0.00000148. The van der Waals surface area contributed by atoms with Crippen LogP contribution < -0.4 is 5.32 Å². The number of ether oxygens (including phenoxy) is 1. The molecule has 1 unspecified atom stereocenters. The highest BCUT2D eigenvalue weighted by Crippen LogP contribution is 2.20. The van der Waals surface area contributed by atoms with E-state index in [0.717, 1.165) is 39.5 Å². The lowest BCUT2D eigenvalue weighted by Crippen LogP contribution is -2.17. The predicted octanol–water partition coefficient (Wildman–Crippen LogP) is 8.60. The van der Waals surface area contributed by atoms with Crippen LogP contribution in [0.2, 0.25) is 0 Å². The van der Waals surface area contributed by atoms with Crippen molar-refractivity contribution in [1.82, 2.24) is 0 Å². The number of allylic oxidation sites excluding steroid dienone is 3. The second-order valence-corrected chi connectivity index (χ2v) is 7.76. The fraction of sp³-hybridized carbons (Fsp3) is 0.467. The quantitative estimate of drug-likeness (QED) is 0.176. The summed E-state index contributed by atoms with van der Waals surface area (Å²) in [6.45, 7) is 28.8. The first kappa shape index (κ1) is 36.4. The number of aliphatic hydroxyl groups excluding tert-OH is 1. The van der Waals surface area contributed by atoms with Crippen LogP contribution in [0.1, 0.15) is 73.8 Å². The molecule has 0 fully saturated rings. The molecule has 0 aliphatic heterocycles. The summed E-state index contributed by atoms with van der Waals surface area (Å²) in [4.78, 5) is 1.78. The largest absolute Gasteiger partial charge is 0.392 e. The second kappa shape index (κ2) is 27.1. The molecule has 34 heavy (non-hydrogen) atoms. The maximum absolute atomic E-state index is 9.05. The molecule has 0 radical (unpaired) electrons. The van der Waals surface area contributed by atoms with Crippen LogP contribution in [0.15, 0.2) is 71.5 Å². The highest BCUT2D eigenvalue weighted by Gasteiger charge is 2.05. The SMILES string of the molecule is C=C(CO)CCC(C=CC)OCCNc1ccc(C#CC(=C)SC(=C)C)cc1.CC.CC.CC. The molecule has 1 aromatic carbocycles. The number of hydrogen-bond acceptors (Lipinski definition) is 4. The van der Waals surface area contributed by atoms with Crippen molar-refractivity contribution in [1.29, 1.82) is 0 Å². The van der Waals surface area contributed by atoms with Crippen molar-refractivity contribution in [3.8, 4) is 11.8 Å². The summed E-state index contributed by atoms with van der Waals surface area (Å²) in [5.74, 6) is 6.14. The van der Waals surface area contributed by atoms with Gasteiger partial charge in [-0.3, -0.25) is 0 Å². The van der Waals surface area contributed by atoms with Gasteiger partial charge in [-0.1, -0.05) is 103 Å². The van der Waals surface area contributed by atoms with E-state index < -0.39 is 0 Å². The number of benzene rings is 1. The second-order valence-electron chi connectivity index (χ2n) is 6.36. The Morgan fingerprint density at radius 1 is 1.09 bits per heavy atom. The molecule has 0 saturated heterocycles. The van der Waals surface area contributed by atoms with Crippen LogP contribution in [0.25, 0.3) is 0 Å². The first-order chi connectivity index (χ1) is 16.4. The first-order valence-electron chi connectivity index (χ1n) is 12.3. The van der Waals surface area contributed by atoms with Crippen molar-refractivity contribution in [3.05, 3.63) is 77.1 Å². The van der Waals surface area contributed by atoms with E-state index >= 15 is 0 Å². The molecule has 1 rings (SSSR count). The minimum atomic E-state index is 0.0331. The van der Waals surface area contributed by atoms with Gasteiger partial charge >= 0.3 is 0 Å². The molecule has 0 aliphatic carbocycles. The Labute approximate surface area is 215 Å². The van der Waals surface area contributed by atoms with Gasteiger partial charge in [0, 0.05) is 17.8 Å². The van der Waals surface area contributed by atoms with Crippen LogP contribution in [0, 0.1) is 11.8 Å². The molecule has 0 saturated carbocycles. The van der Waals surface area contributed by atoms with Crippen LogP contribution in [0.3, 0.4) is 0 Å². The van der Waals surface area contributed by atoms with Gasteiger partial charge in [0.1, 0.15) is 0 Å². The molecular formula is C30H49NO2S. The summed E-state index contributed by atoms with van der Waals surface area (Å²) < 4.78 is 5.91. The number of aliphatic hydroxyl groups is 1. The van der Waals surface area contributed by atoms with Crippen molar-refractivity contribution in [2.75, 3.05) is 25.1 Å². The zero-order chi connectivity index (χ0) is 26.8. The van der Waals surface area contributed by atoms with Crippen LogP contribution in [0.5, 0.6) is 0 Å². The Kier molecular flexibility index (Phi) is 29.0. The first-order valence-corrected chi connectivity index (χ1v) is 13.2. The highest BCUT2D eigenvalue weighted by molar-refractivity contribution is 8.06. The standard InChI is InChI=1S/C24H31NO2S.3C2H6/c1-6-7-24(15-8-20(4)18-26)27-17-16-25-23-13-11-22(12-14-23)10-9-21(5)28-19(2)3;3*1-2/h6-7,11-14,24-26H,2,4-5,8,15-18H2,1,3H3;3*1-2H3. The van der Waals surface area contributed by atoms with E-state index in [0.29, 0.717) is 13.2 Å². The van der Waals surface area contributed by atoms with Crippen LogP contribution in [-0.4, -0.2) is 31.0 Å². The maximum Gasteiger partial charge on any atom is 0.0759 e. The number of nitrogens with one attached hydrogen (secondary N) is 1. The smallest absolute Gasteiger partial charge is 0.0759 e. The van der Waals surface area contributed by atoms with Gasteiger partial charge < -0.3 is 15.2 Å². The number of anilines is 1. The lowest BCUT2D eigenvalue weighted by molar-refractivity contribution is 0.0871. The zero-order valence-electron chi connectivity index (χ0n) is 23.0. The monoisotopic (exact) mass is 487 g/mol. The van der Waals surface area contributed by atoms with E-state index in [-0.39, 0.29) is 12.7 Å². The normalized spacial score (nSPS) is 10.0. The van der Waals surface area contributed by atoms with E-state index in [9.17, 15) is 0 Å². The summed E-state index contributed by atoms with van der Waals surface area (Å²) in [5.41, 5.74) is 2.81. The van der Waals surface area contributed by atoms with Crippen LogP contribution in [0.4, 0.5) is 5.69 Å². The van der Waals surface area contributed by atoms with E-state index in [4.69, 9.17) is 9.84 Å². The molecular weight excluding hydrogens is 438 g/mol. The Bertz CT molecular complexity index is 739. The molecule has 0 aromatic heterocycles. The molecule has 0 spiro atoms. The molecule has 192 valence electrons. The van der Waals surface area contributed by atoms with Crippen molar-refractivity contribution < 1.29 is 9.84 Å². The zero-order valence-corrected chi connectivity index (χ0v) is 23.8. The Morgan fingerprint density at radius 3 is 2.18 bits per heavy atom. The van der Waals surface area contributed by atoms with E-state index in [1.807, 2.05) is 91.8 Å². The third kappa shape index (κ3) is 21.6. The lowest BCUT2D eigenvalue weighted by Gasteiger charge is -2.15. The average molecular weight is 488 g/mol. The van der Waals surface area contributed by atoms with Crippen molar-refractivity contribution >= 4 is 17.4 Å². The van der Waals surface area contributed by atoms with Crippen LogP contribution in [-0.2, 0) is 4.74 Å². The predicted molar refractivity (Wildman–Crippen MR) is 157 cm³/mol. The topological polar surface area (TPSA) is 41.5 Å². The number of rotatable bonds is 12. The summed E-state index contributed by atoms with van der Waals surface area (Å²) in [6, 6.07) is 7.98. The van der Waals surface area contributed by atoms with E-state index in [2.05, 4.69) is 36.9 Å². The highest BCUT2D eigenvalue weighted by atomic mass is 32.2. The Hall–Kier alpha value is -2.19. The minimum absolute atomic E-state index is 0.0331. The minimum Gasteiger partial charge on any atom is -0.392 e. The van der Waals surface area contributed by atoms with Gasteiger partial charge in [0.25, 0.3) is 0 Å². The molecule has 0 aliphatic rings. The molecule has 0 heterocycles. The number of thioether (sulfide) groups is 1. The van der Waals surface area contributed by atoms with Gasteiger partial charge in [0.05, 0.1) is 24.2 Å². The van der Waals surface area contributed by atoms with Gasteiger partial charge in [-0.15, -0.1) is 0 Å². The molecule has 3 nitrogen and oxygen atoms in total. The molecule has 2 N–H and O–H groups in total. The van der Waals surface area contributed by atoms with Gasteiger partial charge in [0.2, 0.25) is 0 Å². The molecule has 1 aromatic rings. The van der Waals surface area contributed by atoms with E-state index in [1.165, 1.54) is 11.8 Å². The van der Waals surface area contributed by atoms with Crippen molar-refractivity contribution in [2.45, 2.75) is 74.3 Å². The average Bonchev–Trinajstić information content (AvgIpc) is 2.87. The maximum atomic E-state index is 9.05. The van der Waals surface area contributed by atoms with Gasteiger partial charge in [0.15, 0.2) is 0 Å². The third-order valence-corrected chi connectivity index (χ3v) is 4.40. The number of hydrogen-bond donors (Lipinski definition) is 2. The molecule has 1 atom stereocenters. The van der Waals surface area contributed by atoms with Crippen molar-refractivity contribution in [2.24, 2.45) is 0 Å². The van der Waals surface area contributed by atoms with E-state index in [1.54, 1.807) is 0 Å². The fourth-order valence-electron chi connectivity index (χ4n) is 2.33. The summed E-state index contributed by atoms with van der Waals surface area (Å²) >= 11 is 1.49. The fourth-order valence-corrected chi connectivity index (χ4v) is 2.85. The van der Waals surface area contributed by atoms with Crippen LogP contribution >= 0.6 is 11.8 Å². The molecule has 0 amide bonds. The van der Waals surface area contributed by atoms with Gasteiger partial charge in [-0.2, -0.15) is 0 Å². The summed E-state index contributed by atoms with van der Waals surface area (Å²) in [5, 5.41) is 12.4. The molecule has 4 heteroatoms.